The second-order valence-corrected chi connectivity index (χ2v) is 6.02. The fourth-order valence-electron chi connectivity index (χ4n) is 2.83. The van der Waals surface area contributed by atoms with Crippen molar-refractivity contribution in [3.05, 3.63) is 89.0 Å². The molecule has 0 spiro atoms. The highest BCUT2D eigenvalue weighted by Gasteiger charge is 2.07. The van der Waals surface area contributed by atoms with Crippen LogP contribution in [0.4, 0.5) is 0 Å². The summed E-state index contributed by atoms with van der Waals surface area (Å²) in [7, 11) is 0. The second kappa shape index (κ2) is 7.25. The van der Waals surface area contributed by atoms with Crippen LogP contribution in [-0.2, 0) is 6.54 Å². The van der Waals surface area contributed by atoms with Gasteiger partial charge in [-0.2, -0.15) is 5.10 Å². The van der Waals surface area contributed by atoms with Crippen LogP contribution in [0.2, 0.25) is 0 Å². The average molecular weight is 359 g/mol. The third-order valence-corrected chi connectivity index (χ3v) is 4.21. The van der Waals surface area contributed by atoms with Crippen molar-refractivity contribution in [2.24, 2.45) is 0 Å². The summed E-state index contributed by atoms with van der Waals surface area (Å²) in [4.78, 5) is 24.4. The minimum absolute atomic E-state index is 0.183. The van der Waals surface area contributed by atoms with Gasteiger partial charge in [0.15, 0.2) is 5.82 Å². The molecule has 0 atom stereocenters. The predicted molar refractivity (Wildman–Crippen MR) is 102 cm³/mol. The van der Waals surface area contributed by atoms with Crippen LogP contribution in [0.15, 0.2) is 77.9 Å². The van der Waals surface area contributed by atoms with Crippen LogP contribution in [0.3, 0.4) is 0 Å². The van der Waals surface area contributed by atoms with Gasteiger partial charge in [-0.05, 0) is 35.0 Å². The van der Waals surface area contributed by atoms with Crippen LogP contribution < -0.4 is 10.9 Å². The lowest BCUT2D eigenvalue weighted by Gasteiger charge is -2.09. The summed E-state index contributed by atoms with van der Waals surface area (Å²) in [5.41, 5.74) is 0.352. The fourth-order valence-corrected chi connectivity index (χ4v) is 2.83. The molecule has 0 radical (unpaired) electrons. The molecule has 7 heteroatoms. The SMILES string of the molecule is O=C(NCCn1nc(-n2cccn2)ccc1=O)c1ccc2ccccc2c1. The molecule has 0 aliphatic heterocycles. The number of fused-ring (bicyclic) bond motifs is 1. The van der Waals surface area contributed by atoms with E-state index in [0.717, 1.165) is 10.8 Å². The Morgan fingerprint density at radius 1 is 1.00 bits per heavy atom. The monoisotopic (exact) mass is 359 g/mol. The van der Waals surface area contributed by atoms with Crippen molar-refractivity contribution < 1.29 is 4.79 Å². The summed E-state index contributed by atoms with van der Waals surface area (Å²) in [6.07, 6.45) is 3.39. The highest BCUT2D eigenvalue weighted by molar-refractivity contribution is 5.98. The number of nitrogens with one attached hydrogen (secondary N) is 1. The third kappa shape index (κ3) is 3.62. The van der Waals surface area contributed by atoms with Gasteiger partial charge in [0, 0.05) is 30.6 Å². The summed E-state index contributed by atoms with van der Waals surface area (Å²) in [6, 6.07) is 18.3. The highest BCUT2D eigenvalue weighted by Crippen LogP contribution is 2.15. The van der Waals surface area contributed by atoms with E-state index in [1.165, 1.54) is 10.7 Å². The van der Waals surface area contributed by atoms with Crippen LogP contribution in [0, 0.1) is 0 Å². The Balaban J connectivity index is 1.44. The molecular weight excluding hydrogens is 342 g/mol. The molecule has 0 saturated carbocycles. The van der Waals surface area contributed by atoms with Gasteiger partial charge in [0.25, 0.3) is 11.5 Å². The number of aromatic nitrogens is 4. The maximum atomic E-state index is 12.4. The molecule has 2 heterocycles. The maximum absolute atomic E-state index is 12.4. The molecule has 4 rings (SSSR count). The smallest absolute Gasteiger partial charge is 0.266 e. The van der Waals surface area contributed by atoms with E-state index < -0.39 is 0 Å². The van der Waals surface area contributed by atoms with E-state index in [0.29, 0.717) is 17.9 Å². The Labute approximate surface area is 154 Å². The van der Waals surface area contributed by atoms with E-state index in [-0.39, 0.29) is 18.0 Å². The summed E-state index contributed by atoms with van der Waals surface area (Å²) in [5.74, 6) is 0.359. The number of carbonyl (C=O) groups excluding carboxylic acids is 1. The molecule has 0 unspecified atom stereocenters. The van der Waals surface area contributed by atoms with E-state index in [9.17, 15) is 9.59 Å². The lowest BCUT2D eigenvalue weighted by Crippen LogP contribution is -2.32. The number of rotatable bonds is 5. The van der Waals surface area contributed by atoms with Gasteiger partial charge in [-0.3, -0.25) is 9.59 Å². The highest BCUT2D eigenvalue weighted by atomic mass is 16.2. The lowest BCUT2D eigenvalue weighted by molar-refractivity contribution is 0.0952. The molecule has 0 bridgehead atoms. The zero-order valence-electron chi connectivity index (χ0n) is 14.4. The fraction of sp³-hybridized carbons (Fsp3) is 0.100. The van der Waals surface area contributed by atoms with Gasteiger partial charge in [0.05, 0.1) is 6.54 Å². The van der Waals surface area contributed by atoms with Gasteiger partial charge >= 0.3 is 0 Å². The van der Waals surface area contributed by atoms with Crippen LogP contribution in [0.25, 0.3) is 16.6 Å². The van der Waals surface area contributed by atoms with Crippen molar-refractivity contribution in [1.29, 1.82) is 0 Å². The molecule has 134 valence electrons. The van der Waals surface area contributed by atoms with E-state index in [1.807, 2.05) is 36.4 Å². The van der Waals surface area contributed by atoms with Gasteiger partial charge in [0.2, 0.25) is 0 Å². The van der Waals surface area contributed by atoms with E-state index >= 15 is 0 Å². The van der Waals surface area contributed by atoms with Crippen LogP contribution >= 0.6 is 0 Å². The van der Waals surface area contributed by atoms with Gasteiger partial charge < -0.3 is 5.32 Å². The average Bonchev–Trinajstić information content (AvgIpc) is 3.24. The van der Waals surface area contributed by atoms with Crippen LogP contribution in [-0.4, -0.2) is 32.0 Å². The molecule has 2 aromatic heterocycles. The number of hydrogen-bond acceptors (Lipinski definition) is 4. The van der Waals surface area contributed by atoms with Gasteiger partial charge in [-0.25, -0.2) is 9.36 Å². The molecule has 1 N–H and O–H groups in total. The first kappa shape index (κ1) is 16.7. The first-order valence-corrected chi connectivity index (χ1v) is 8.56. The normalized spacial score (nSPS) is 10.8. The first-order chi connectivity index (χ1) is 13.2. The molecule has 0 aliphatic carbocycles. The van der Waals surface area contributed by atoms with Gasteiger partial charge in [-0.1, -0.05) is 30.3 Å². The largest absolute Gasteiger partial charge is 0.350 e. The van der Waals surface area contributed by atoms with Crippen molar-refractivity contribution in [3.63, 3.8) is 0 Å². The summed E-state index contributed by atoms with van der Waals surface area (Å²) in [5, 5.41) is 13.3. The number of amides is 1. The Kier molecular flexibility index (Phi) is 4.49. The molecular formula is C20H17N5O2. The van der Waals surface area contributed by atoms with Crippen molar-refractivity contribution in [3.8, 4) is 5.82 Å². The molecule has 0 saturated heterocycles. The molecule has 4 aromatic rings. The first-order valence-electron chi connectivity index (χ1n) is 8.56. The van der Waals surface area contributed by atoms with Crippen molar-refractivity contribution in [2.75, 3.05) is 6.54 Å². The summed E-state index contributed by atoms with van der Waals surface area (Å²) in [6.45, 7) is 0.564. The third-order valence-electron chi connectivity index (χ3n) is 4.21. The van der Waals surface area contributed by atoms with E-state index in [1.54, 1.807) is 35.3 Å². The number of benzene rings is 2. The molecule has 7 nitrogen and oxygen atoms in total. The molecule has 1 amide bonds. The topological polar surface area (TPSA) is 81.8 Å². The Morgan fingerprint density at radius 2 is 1.85 bits per heavy atom. The van der Waals surface area contributed by atoms with Crippen molar-refractivity contribution in [2.45, 2.75) is 6.54 Å². The minimum Gasteiger partial charge on any atom is -0.350 e. The molecule has 27 heavy (non-hydrogen) atoms. The standard InChI is InChI=1S/C20H17N5O2/c26-19-9-8-18(24-12-3-10-22-24)23-25(19)13-11-21-20(27)17-7-6-15-4-1-2-5-16(15)14-17/h1-10,12,14H,11,13H2,(H,21,27). The van der Waals surface area contributed by atoms with E-state index in [2.05, 4.69) is 15.5 Å². The van der Waals surface area contributed by atoms with Crippen molar-refractivity contribution in [1.82, 2.24) is 24.9 Å². The van der Waals surface area contributed by atoms with E-state index in [4.69, 9.17) is 0 Å². The summed E-state index contributed by atoms with van der Waals surface area (Å²) >= 11 is 0. The number of nitrogens with zero attached hydrogens (tertiary/aromatic N) is 4. The van der Waals surface area contributed by atoms with Gasteiger partial charge in [0.1, 0.15) is 0 Å². The lowest BCUT2D eigenvalue weighted by atomic mass is 10.1. The maximum Gasteiger partial charge on any atom is 0.266 e. The Hall–Kier alpha value is -3.74. The van der Waals surface area contributed by atoms with Gasteiger partial charge in [-0.15, -0.1) is 5.10 Å². The Bertz CT molecular complexity index is 1150. The zero-order chi connectivity index (χ0) is 18.6. The number of carbonyl (C=O) groups is 1. The molecule has 0 aliphatic rings. The number of hydrogen-bond donors (Lipinski definition) is 1. The van der Waals surface area contributed by atoms with Crippen LogP contribution in [0.1, 0.15) is 10.4 Å². The summed E-state index contributed by atoms with van der Waals surface area (Å²) < 4.78 is 2.89. The molecule has 0 fully saturated rings. The molecule has 2 aromatic carbocycles. The zero-order valence-corrected chi connectivity index (χ0v) is 14.4. The second-order valence-electron chi connectivity index (χ2n) is 6.02. The minimum atomic E-state index is -0.231. The van der Waals surface area contributed by atoms with Crippen LogP contribution in [0.5, 0.6) is 0 Å². The Morgan fingerprint density at radius 3 is 2.67 bits per heavy atom. The quantitative estimate of drug-likeness (QED) is 0.591. The predicted octanol–water partition coefficient (Wildman–Crippen LogP) is 2.01. The van der Waals surface area contributed by atoms with Crippen molar-refractivity contribution >= 4 is 16.7 Å².